The highest BCUT2D eigenvalue weighted by atomic mass is 35.5. The topological polar surface area (TPSA) is 17.1 Å². The van der Waals surface area contributed by atoms with Gasteiger partial charge in [-0.25, -0.2) is 4.39 Å². The highest BCUT2D eigenvalue weighted by Crippen LogP contribution is 2.29. The van der Waals surface area contributed by atoms with E-state index in [-0.39, 0.29) is 5.82 Å². The molecule has 0 spiro atoms. The van der Waals surface area contributed by atoms with Crippen molar-refractivity contribution < 1.29 is 9.18 Å². The Hall–Kier alpha value is -1.67. The second kappa shape index (κ2) is 5.54. The zero-order chi connectivity index (χ0) is 13.9. The van der Waals surface area contributed by atoms with Gasteiger partial charge in [-0.3, -0.25) is 0 Å². The molecule has 0 N–H and O–H groups in total. The van der Waals surface area contributed by atoms with Crippen LogP contribution in [0, 0.1) is 5.82 Å². The van der Waals surface area contributed by atoms with Crippen molar-refractivity contribution in [1.82, 2.24) is 0 Å². The molecule has 0 aliphatic rings. The molecule has 0 saturated carbocycles. The second-order valence-corrected chi connectivity index (χ2v) is 5.22. The summed E-state index contributed by atoms with van der Waals surface area (Å²) in [6.07, 6.45) is 1.38. The third-order valence-electron chi connectivity index (χ3n) is 3.28. The van der Waals surface area contributed by atoms with Gasteiger partial charge in [-0.15, -0.1) is 0 Å². The molecule has 0 aliphatic heterocycles. The van der Waals surface area contributed by atoms with Gasteiger partial charge in [0, 0.05) is 5.02 Å². The predicted octanol–water partition coefficient (Wildman–Crippen LogP) is 4.18. The standard InChI is InChI=1S/C16H14ClFO/c1-16(11-19,13-6-8-14(18)9-7-13)10-12-4-2-3-5-15(12)17/h2-9,11H,10H2,1H3. The fourth-order valence-electron chi connectivity index (χ4n) is 2.08. The summed E-state index contributed by atoms with van der Waals surface area (Å²) in [4.78, 5) is 11.5. The first kappa shape index (κ1) is 13.8. The fraction of sp³-hybridized carbons (Fsp3) is 0.188. The monoisotopic (exact) mass is 276 g/mol. The molecule has 1 unspecified atom stereocenters. The van der Waals surface area contributed by atoms with Crippen LogP contribution in [0.3, 0.4) is 0 Å². The van der Waals surface area contributed by atoms with Gasteiger partial charge in [0.2, 0.25) is 0 Å². The molecule has 3 heteroatoms. The Kier molecular flexibility index (Phi) is 4.01. The van der Waals surface area contributed by atoms with Crippen LogP contribution in [0.25, 0.3) is 0 Å². The average Bonchev–Trinajstić information content (AvgIpc) is 2.42. The first-order valence-electron chi connectivity index (χ1n) is 6.01. The largest absolute Gasteiger partial charge is 0.302 e. The van der Waals surface area contributed by atoms with Gasteiger partial charge in [0.15, 0.2) is 0 Å². The van der Waals surface area contributed by atoms with Crippen LogP contribution in [0.5, 0.6) is 0 Å². The Bertz CT molecular complexity index is 580. The summed E-state index contributed by atoms with van der Waals surface area (Å²) in [5, 5.41) is 0.637. The van der Waals surface area contributed by atoms with Crippen molar-refractivity contribution in [2.24, 2.45) is 0 Å². The number of hydrogen-bond donors (Lipinski definition) is 0. The molecule has 0 aromatic heterocycles. The minimum atomic E-state index is -0.710. The van der Waals surface area contributed by atoms with Gasteiger partial charge >= 0.3 is 0 Å². The van der Waals surface area contributed by atoms with Gasteiger partial charge < -0.3 is 4.79 Å². The van der Waals surface area contributed by atoms with E-state index in [1.54, 1.807) is 18.2 Å². The van der Waals surface area contributed by atoms with Crippen molar-refractivity contribution in [3.63, 3.8) is 0 Å². The van der Waals surface area contributed by atoms with E-state index in [0.29, 0.717) is 11.4 Å². The summed E-state index contributed by atoms with van der Waals surface area (Å²) in [6, 6.07) is 13.4. The molecule has 0 radical (unpaired) electrons. The molecule has 0 saturated heterocycles. The van der Waals surface area contributed by atoms with Crippen molar-refractivity contribution in [3.8, 4) is 0 Å². The number of rotatable bonds is 4. The van der Waals surface area contributed by atoms with E-state index in [2.05, 4.69) is 0 Å². The highest BCUT2D eigenvalue weighted by molar-refractivity contribution is 6.31. The van der Waals surface area contributed by atoms with Gasteiger partial charge in [-0.1, -0.05) is 41.9 Å². The summed E-state index contributed by atoms with van der Waals surface area (Å²) in [7, 11) is 0. The Balaban J connectivity index is 2.35. The number of carbonyl (C=O) groups is 1. The van der Waals surface area contributed by atoms with Crippen LogP contribution in [0.1, 0.15) is 18.1 Å². The van der Waals surface area contributed by atoms with Gasteiger partial charge in [-0.05, 0) is 42.7 Å². The van der Waals surface area contributed by atoms with E-state index in [4.69, 9.17) is 11.6 Å². The average molecular weight is 277 g/mol. The van der Waals surface area contributed by atoms with Crippen LogP contribution in [0.4, 0.5) is 4.39 Å². The zero-order valence-corrected chi connectivity index (χ0v) is 11.3. The van der Waals surface area contributed by atoms with Crippen molar-refractivity contribution in [3.05, 3.63) is 70.5 Å². The third-order valence-corrected chi connectivity index (χ3v) is 3.65. The molecular formula is C16H14ClFO. The molecule has 2 rings (SSSR count). The van der Waals surface area contributed by atoms with Gasteiger partial charge in [0.1, 0.15) is 12.1 Å². The Morgan fingerprint density at radius 3 is 2.37 bits per heavy atom. The molecule has 1 atom stereocenters. The summed E-state index contributed by atoms with van der Waals surface area (Å²) >= 11 is 6.12. The smallest absolute Gasteiger partial charge is 0.130 e. The van der Waals surface area contributed by atoms with Crippen LogP contribution < -0.4 is 0 Å². The van der Waals surface area contributed by atoms with E-state index < -0.39 is 5.41 Å². The van der Waals surface area contributed by atoms with Gasteiger partial charge in [0.25, 0.3) is 0 Å². The van der Waals surface area contributed by atoms with Crippen LogP contribution in [-0.2, 0) is 16.6 Å². The Labute approximate surface area is 117 Å². The lowest BCUT2D eigenvalue weighted by molar-refractivity contribution is -0.112. The maximum Gasteiger partial charge on any atom is 0.130 e. The van der Waals surface area contributed by atoms with E-state index in [1.165, 1.54) is 12.1 Å². The third kappa shape index (κ3) is 3.02. The Morgan fingerprint density at radius 1 is 1.16 bits per heavy atom. The minimum Gasteiger partial charge on any atom is -0.302 e. The lowest BCUT2D eigenvalue weighted by Gasteiger charge is -2.24. The van der Waals surface area contributed by atoms with E-state index in [1.807, 2.05) is 25.1 Å². The van der Waals surface area contributed by atoms with Gasteiger partial charge in [0.05, 0.1) is 5.41 Å². The quantitative estimate of drug-likeness (QED) is 0.766. The molecule has 0 amide bonds. The molecule has 2 aromatic rings. The van der Waals surface area contributed by atoms with E-state index in [9.17, 15) is 9.18 Å². The van der Waals surface area contributed by atoms with Crippen molar-refractivity contribution in [1.29, 1.82) is 0 Å². The lowest BCUT2D eigenvalue weighted by Crippen LogP contribution is -2.27. The number of hydrogen-bond acceptors (Lipinski definition) is 1. The summed E-state index contributed by atoms with van der Waals surface area (Å²) in [5.74, 6) is -0.310. The number of halogens is 2. The zero-order valence-electron chi connectivity index (χ0n) is 10.6. The minimum absolute atomic E-state index is 0.310. The summed E-state index contributed by atoms with van der Waals surface area (Å²) in [5.41, 5.74) is 0.977. The van der Waals surface area contributed by atoms with Crippen LogP contribution in [0.2, 0.25) is 5.02 Å². The van der Waals surface area contributed by atoms with Crippen LogP contribution in [0.15, 0.2) is 48.5 Å². The molecule has 0 bridgehead atoms. The maximum atomic E-state index is 13.0. The highest BCUT2D eigenvalue weighted by Gasteiger charge is 2.27. The lowest BCUT2D eigenvalue weighted by atomic mass is 9.78. The Morgan fingerprint density at radius 2 is 1.79 bits per heavy atom. The van der Waals surface area contributed by atoms with E-state index >= 15 is 0 Å². The van der Waals surface area contributed by atoms with E-state index in [0.717, 1.165) is 17.4 Å². The first-order chi connectivity index (χ1) is 9.05. The first-order valence-corrected chi connectivity index (χ1v) is 6.39. The van der Waals surface area contributed by atoms with Crippen molar-refractivity contribution in [2.45, 2.75) is 18.8 Å². The molecule has 2 aromatic carbocycles. The molecule has 19 heavy (non-hydrogen) atoms. The predicted molar refractivity (Wildman–Crippen MR) is 75.0 cm³/mol. The SMILES string of the molecule is CC(C=O)(Cc1ccccc1Cl)c1ccc(F)cc1. The normalized spacial score (nSPS) is 13.8. The summed E-state index contributed by atoms with van der Waals surface area (Å²) in [6.45, 7) is 1.83. The molecule has 0 heterocycles. The second-order valence-electron chi connectivity index (χ2n) is 4.81. The molecule has 0 aliphatic carbocycles. The maximum absolute atomic E-state index is 13.0. The number of carbonyl (C=O) groups excluding carboxylic acids is 1. The number of benzene rings is 2. The van der Waals surface area contributed by atoms with Crippen molar-refractivity contribution >= 4 is 17.9 Å². The summed E-state index contributed by atoms with van der Waals surface area (Å²) < 4.78 is 13.0. The van der Waals surface area contributed by atoms with Crippen LogP contribution >= 0.6 is 11.6 Å². The van der Waals surface area contributed by atoms with Gasteiger partial charge in [-0.2, -0.15) is 0 Å². The molecule has 98 valence electrons. The van der Waals surface area contributed by atoms with Crippen molar-refractivity contribution in [2.75, 3.05) is 0 Å². The molecule has 1 nitrogen and oxygen atoms in total. The fourth-order valence-corrected chi connectivity index (χ4v) is 2.28. The molecule has 0 fully saturated rings. The number of aldehydes is 1. The van der Waals surface area contributed by atoms with Crippen LogP contribution in [-0.4, -0.2) is 6.29 Å². The molecular weight excluding hydrogens is 263 g/mol.